The van der Waals surface area contributed by atoms with Gasteiger partial charge in [-0.2, -0.15) is 4.72 Å². The van der Waals surface area contributed by atoms with Crippen LogP contribution in [0.3, 0.4) is 0 Å². The Morgan fingerprint density at radius 1 is 1.24 bits per heavy atom. The summed E-state index contributed by atoms with van der Waals surface area (Å²) in [6.07, 6.45) is 4.46. The smallest absolute Gasteiger partial charge is 0.261 e. The van der Waals surface area contributed by atoms with E-state index in [-0.39, 0.29) is 10.8 Å². The number of hydroxylamine groups is 1. The minimum atomic E-state index is -3.87. The molecule has 3 N–H and O–H groups in total. The normalized spacial score (nSPS) is 16.0. The summed E-state index contributed by atoms with van der Waals surface area (Å²) in [7, 11) is -3.87. The van der Waals surface area contributed by atoms with Gasteiger partial charge >= 0.3 is 0 Å². The molecular weight excluding hydrogens is 360 g/mol. The molecule has 1 aromatic carbocycles. The van der Waals surface area contributed by atoms with E-state index in [2.05, 4.69) is 4.72 Å². The van der Waals surface area contributed by atoms with E-state index in [1.165, 1.54) is 28.8 Å². The fraction of sp³-hybridized carbons (Fsp3) is 0.471. The van der Waals surface area contributed by atoms with Gasteiger partial charge in [0.1, 0.15) is 6.04 Å². The van der Waals surface area contributed by atoms with Crippen LogP contribution in [0.1, 0.15) is 37.1 Å². The highest BCUT2D eigenvalue weighted by atomic mass is 32.2. The average molecular weight is 383 g/mol. The highest BCUT2D eigenvalue weighted by Gasteiger charge is 2.28. The van der Waals surface area contributed by atoms with Crippen molar-refractivity contribution in [2.45, 2.75) is 50.5 Å². The maximum Gasteiger partial charge on any atom is 0.261 e. The summed E-state index contributed by atoms with van der Waals surface area (Å²) in [5.74, 6) is -1.08. The van der Waals surface area contributed by atoms with Gasteiger partial charge in [0.2, 0.25) is 10.0 Å². The van der Waals surface area contributed by atoms with E-state index in [1.54, 1.807) is 37.3 Å². The van der Waals surface area contributed by atoms with Gasteiger partial charge in [-0.05, 0) is 54.7 Å². The van der Waals surface area contributed by atoms with E-state index in [0.29, 0.717) is 0 Å². The second-order valence-electron chi connectivity index (χ2n) is 6.69. The van der Waals surface area contributed by atoms with Crippen LogP contribution in [0.25, 0.3) is 10.1 Å². The van der Waals surface area contributed by atoms with Crippen molar-refractivity contribution in [3.8, 4) is 0 Å². The molecule has 0 saturated carbocycles. The van der Waals surface area contributed by atoms with Crippen LogP contribution in [0.2, 0.25) is 0 Å². The first-order valence-corrected chi connectivity index (χ1v) is 10.6. The molecule has 6 nitrogen and oxygen atoms in total. The summed E-state index contributed by atoms with van der Waals surface area (Å²) >= 11 is 1.65. The Morgan fingerprint density at radius 3 is 2.64 bits per heavy atom. The Bertz CT molecular complexity index is 903. The number of thiophene rings is 1. The van der Waals surface area contributed by atoms with Crippen LogP contribution < -0.4 is 10.2 Å². The van der Waals surface area contributed by atoms with E-state index in [9.17, 15) is 13.2 Å². The summed E-state index contributed by atoms with van der Waals surface area (Å²) in [4.78, 5) is 13.2. The molecule has 0 saturated heterocycles. The summed E-state index contributed by atoms with van der Waals surface area (Å²) in [6.45, 7) is 3.41. The van der Waals surface area contributed by atoms with Crippen molar-refractivity contribution in [2.24, 2.45) is 5.92 Å². The molecule has 1 amide bonds. The Labute approximate surface area is 151 Å². The first-order valence-electron chi connectivity index (χ1n) is 8.34. The molecule has 0 radical (unpaired) electrons. The molecule has 0 bridgehead atoms. The maximum atomic E-state index is 12.7. The SMILES string of the molecule is CC(C)[C@H](NS(=O)(=O)c1ccc2c3c(sc2c1)CCCC3)C(=O)NO. The van der Waals surface area contributed by atoms with Crippen LogP contribution >= 0.6 is 11.3 Å². The van der Waals surface area contributed by atoms with Crippen molar-refractivity contribution in [1.29, 1.82) is 0 Å². The van der Waals surface area contributed by atoms with Gasteiger partial charge in [-0.25, -0.2) is 13.9 Å². The minimum absolute atomic E-state index is 0.134. The molecule has 0 aliphatic heterocycles. The van der Waals surface area contributed by atoms with Gasteiger partial charge in [0.25, 0.3) is 5.91 Å². The summed E-state index contributed by atoms with van der Waals surface area (Å²) in [6, 6.07) is 4.08. The van der Waals surface area contributed by atoms with E-state index in [4.69, 9.17) is 5.21 Å². The Balaban J connectivity index is 1.95. The molecule has 1 atom stereocenters. The number of carbonyl (C=O) groups is 1. The Hall–Kier alpha value is -1.48. The zero-order valence-corrected chi connectivity index (χ0v) is 15.8. The molecule has 1 aliphatic carbocycles. The van der Waals surface area contributed by atoms with E-state index in [1.807, 2.05) is 6.07 Å². The molecule has 1 heterocycles. The molecule has 1 aliphatic rings. The molecule has 1 aromatic heterocycles. The third-order valence-corrected chi connectivity index (χ3v) is 7.27. The predicted molar refractivity (Wildman–Crippen MR) is 97.3 cm³/mol. The van der Waals surface area contributed by atoms with Crippen molar-refractivity contribution in [1.82, 2.24) is 10.2 Å². The van der Waals surface area contributed by atoms with Crippen molar-refractivity contribution >= 4 is 37.4 Å². The van der Waals surface area contributed by atoms with Gasteiger partial charge in [0, 0.05) is 9.58 Å². The van der Waals surface area contributed by atoms with Crippen LogP contribution in [-0.2, 0) is 27.7 Å². The van der Waals surface area contributed by atoms with Gasteiger partial charge in [-0.1, -0.05) is 19.9 Å². The second kappa shape index (κ2) is 7.03. The number of fused-ring (bicyclic) bond motifs is 3. The maximum absolute atomic E-state index is 12.7. The second-order valence-corrected chi connectivity index (χ2v) is 9.54. The average Bonchev–Trinajstić information content (AvgIpc) is 2.96. The van der Waals surface area contributed by atoms with Crippen LogP contribution in [0.15, 0.2) is 23.1 Å². The number of carbonyl (C=O) groups excluding carboxylic acids is 1. The third kappa shape index (κ3) is 3.57. The minimum Gasteiger partial charge on any atom is -0.289 e. The lowest BCUT2D eigenvalue weighted by Gasteiger charge is -2.20. The van der Waals surface area contributed by atoms with Gasteiger partial charge in [0.15, 0.2) is 0 Å². The number of hydrogen-bond acceptors (Lipinski definition) is 5. The Morgan fingerprint density at radius 2 is 1.96 bits per heavy atom. The predicted octanol–water partition coefficient (Wildman–Crippen LogP) is 2.59. The van der Waals surface area contributed by atoms with Crippen molar-refractivity contribution in [2.75, 3.05) is 0 Å². The summed E-state index contributed by atoms with van der Waals surface area (Å²) in [5.41, 5.74) is 2.87. The topological polar surface area (TPSA) is 95.5 Å². The fourth-order valence-corrected chi connectivity index (χ4v) is 5.99. The first-order chi connectivity index (χ1) is 11.8. The monoisotopic (exact) mass is 382 g/mol. The molecule has 2 aromatic rings. The number of nitrogens with one attached hydrogen (secondary N) is 2. The lowest BCUT2D eigenvalue weighted by Crippen LogP contribution is -2.48. The van der Waals surface area contributed by atoms with E-state index in [0.717, 1.165) is 22.9 Å². The number of aryl methyl sites for hydroxylation is 2. The molecule has 0 spiro atoms. The fourth-order valence-electron chi connectivity index (χ4n) is 3.21. The van der Waals surface area contributed by atoms with Gasteiger partial charge in [0.05, 0.1) is 4.90 Å². The lowest BCUT2D eigenvalue weighted by molar-refractivity contribution is -0.131. The molecule has 8 heteroatoms. The standard InChI is InChI=1S/C17H22N2O4S2/c1-10(2)16(17(20)18-21)19-25(22,23)11-7-8-13-12-5-3-4-6-14(12)24-15(13)9-11/h7-10,16,19,21H,3-6H2,1-2H3,(H,18,20)/t16-/m0/s1. The number of amides is 1. The zero-order chi connectivity index (χ0) is 18.2. The van der Waals surface area contributed by atoms with Crippen LogP contribution in [0.5, 0.6) is 0 Å². The van der Waals surface area contributed by atoms with Gasteiger partial charge in [-0.3, -0.25) is 10.0 Å². The molecular formula is C17H22N2O4S2. The van der Waals surface area contributed by atoms with Crippen LogP contribution in [0.4, 0.5) is 0 Å². The van der Waals surface area contributed by atoms with Crippen molar-refractivity contribution < 1.29 is 18.4 Å². The first kappa shape index (κ1) is 18.3. The number of hydrogen-bond donors (Lipinski definition) is 3. The highest BCUT2D eigenvalue weighted by molar-refractivity contribution is 7.89. The summed E-state index contributed by atoms with van der Waals surface area (Å²) in [5, 5.41) is 9.96. The molecule has 0 unspecified atom stereocenters. The van der Waals surface area contributed by atoms with Gasteiger partial charge in [-0.15, -0.1) is 11.3 Å². The zero-order valence-electron chi connectivity index (χ0n) is 14.2. The van der Waals surface area contributed by atoms with Crippen LogP contribution in [0, 0.1) is 5.92 Å². The number of rotatable bonds is 5. The summed E-state index contributed by atoms with van der Waals surface area (Å²) < 4.78 is 28.7. The largest absolute Gasteiger partial charge is 0.289 e. The Kier molecular flexibility index (Phi) is 5.15. The number of benzene rings is 1. The number of sulfonamides is 1. The lowest BCUT2D eigenvalue weighted by atomic mass is 9.96. The molecule has 0 fully saturated rings. The van der Waals surface area contributed by atoms with Crippen molar-refractivity contribution in [3.63, 3.8) is 0 Å². The van der Waals surface area contributed by atoms with E-state index >= 15 is 0 Å². The molecule has 3 rings (SSSR count). The quantitative estimate of drug-likeness (QED) is 0.547. The van der Waals surface area contributed by atoms with E-state index < -0.39 is 22.0 Å². The van der Waals surface area contributed by atoms with Gasteiger partial charge < -0.3 is 0 Å². The molecule has 25 heavy (non-hydrogen) atoms. The van der Waals surface area contributed by atoms with Crippen LogP contribution in [-0.4, -0.2) is 25.6 Å². The third-order valence-electron chi connectivity index (χ3n) is 4.58. The molecule has 136 valence electrons. The van der Waals surface area contributed by atoms with Crippen molar-refractivity contribution in [3.05, 3.63) is 28.6 Å². The highest BCUT2D eigenvalue weighted by Crippen LogP contribution is 2.37.